The quantitative estimate of drug-likeness (QED) is 0.136. The SMILES string of the molecule is CC(=O)c1ccc(C(=O)c2ccc(Oc3ccc(C)cc3)cc2)cc1.CC(=O)c1cccc(C(=O)c2ccc(Oc3ccc(C)cc3)cc2)c1. The van der Waals surface area contributed by atoms with Gasteiger partial charge in [-0.25, -0.2) is 0 Å². The van der Waals surface area contributed by atoms with Crippen LogP contribution in [0.15, 0.2) is 146 Å². The van der Waals surface area contributed by atoms with Crippen LogP contribution in [0.4, 0.5) is 0 Å². The third kappa shape index (κ3) is 9.36. The lowest BCUT2D eigenvalue weighted by Crippen LogP contribution is -2.03. The summed E-state index contributed by atoms with van der Waals surface area (Å²) in [4.78, 5) is 47.9. The zero-order chi connectivity index (χ0) is 35.6. The highest BCUT2D eigenvalue weighted by Crippen LogP contribution is 2.24. The van der Waals surface area contributed by atoms with Gasteiger partial charge >= 0.3 is 0 Å². The van der Waals surface area contributed by atoms with Gasteiger partial charge in [-0.05, 0) is 107 Å². The lowest BCUT2D eigenvalue weighted by atomic mass is 10.0. The average molecular weight is 661 g/mol. The topological polar surface area (TPSA) is 86.7 Å². The van der Waals surface area contributed by atoms with E-state index in [9.17, 15) is 19.2 Å². The summed E-state index contributed by atoms with van der Waals surface area (Å²) in [6, 6.07) is 43.0. The van der Waals surface area contributed by atoms with E-state index in [2.05, 4.69) is 0 Å². The van der Waals surface area contributed by atoms with Crippen molar-refractivity contribution in [2.75, 3.05) is 0 Å². The molecule has 0 saturated carbocycles. The maximum Gasteiger partial charge on any atom is 0.193 e. The largest absolute Gasteiger partial charge is 0.457 e. The average Bonchev–Trinajstić information content (AvgIpc) is 3.14. The summed E-state index contributed by atoms with van der Waals surface area (Å²) in [6.07, 6.45) is 0. The van der Waals surface area contributed by atoms with Crippen molar-refractivity contribution in [2.24, 2.45) is 0 Å². The number of ketones is 4. The fourth-order valence-electron chi connectivity index (χ4n) is 4.90. The van der Waals surface area contributed by atoms with Gasteiger partial charge in [-0.15, -0.1) is 0 Å². The Labute approximate surface area is 292 Å². The monoisotopic (exact) mass is 660 g/mol. The fraction of sp³-hybridized carbons (Fsp3) is 0.0909. The third-order valence-corrected chi connectivity index (χ3v) is 7.83. The Balaban J connectivity index is 0.000000194. The molecule has 0 spiro atoms. The molecule has 0 aliphatic heterocycles. The maximum atomic E-state index is 12.6. The lowest BCUT2D eigenvalue weighted by molar-refractivity contribution is 0.100. The van der Waals surface area contributed by atoms with E-state index in [1.165, 1.54) is 25.0 Å². The first-order valence-electron chi connectivity index (χ1n) is 16.1. The number of Topliss-reactive ketones (excluding diaryl/α,β-unsaturated/α-hetero) is 2. The molecule has 0 atom stereocenters. The summed E-state index contributed by atoms with van der Waals surface area (Å²) in [7, 11) is 0. The van der Waals surface area contributed by atoms with E-state index >= 15 is 0 Å². The molecule has 0 aliphatic rings. The molecule has 0 unspecified atom stereocenters. The fourth-order valence-corrected chi connectivity index (χ4v) is 4.90. The van der Waals surface area contributed by atoms with E-state index in [-0.39, 0.29) is 23.1 Å². The van der Waals surface area contributed by atoms with Crippen molar-refractivity contribution in [2.45, 2.75) is 27.7 Å². The summed E-state index contributed by atoms with van der Waals surface area (Å²) in [5, 5.41) is 0. The van der Waals surface area contributed by atoms with Gasteiger partial charge in [0.25, 0.3) is 0 Å². The van der Waals surface area contributed by atoms with Crippen LogP contribution in [0.3, 0.4) is 0 Å². The van der Waals surface area contributed by atoms with E-state index < -0.39 is 0 Å². The number of hydrogen-bond donors (Lipinski definition) is 0. The second kappa shape index (κ2) is 16.1. The van der Waals surface area contributed by atoms with Crippen molar-refractivity contribution in [1.82, 2.24) is 0 Å². The van der Waals surface area contributed by atoms with Crippen molar-refractivity contribution in [1.29, 1.82) is 0 Å². The van der Waals surface area contributed by atoms with Crippen molar-refractivity contribution in [3.05, 3.63) is 190 Å². The molecule has 0 radical (unpaired) electrons. The number of hydrogen-bond acceptors (Lipinski definition) is 6. The number of ether oxygens (including phenoxy) is 2. The summed E-state index contributed by atoms with van der Waals surface area (Å²) >= 11 is 0. The number of rotatable bonds is 10. The van der Waals surface area contributed by atoms with Crippen LogP contribution in [-0.4, -0.2) is 23.1 Å². The highest BCUT2D eigenvalue weighted by atomic mass is 16.5. The maximum absolute atomic E-state index is 12.6. The van der Waals surface area contributed by atoms with Crippen LogP contribution in [0.1, 0.15) is 77.5 Å². The first kappa shape index (κ1) is 34.9. The summed E-state index contributed by atoms with van der Waals surface area (Å²) in [5.41, 5.74) is 5.65. The Morgan fingerprint density at radius 3 is 1.04 bits per heavy atom. The van der Waals surface area contributed by atoms with Gasteiger partial charge in [-0.3, -0.25) is 19.2 Å². The molecule has 0 aromatic heterocycles. The molecule has 0 heterocycles. The van der Waals surface area contributed by atoms with Crippen LogP contribution in [0.25, 0.3) is 0 Å². The number of aryl methyl sites for hydroxylation is 2. The van der Waals surface area contributed by atoms with Crippen molar-refractivity contribution >= 4 is 23.1 Å². The standard InChI is InChI=1S/2C22H18O3/c1-15-3-11-20(12-4-15)25-21-13-9-19(10-14-21)22(24)18-7-5-17(6-8-18)16(2)23;1-15-6-10-20(11-7-15)25-21-12-8-17(9-13-21)22(24)19-5-3-4-18(14-19)16(2)23/h2*3-14H,1-2H3. The van der Waals surface area contributed by atoms with Crippen LogP contribution in [0.2, 0.25) is 0 Å². The van der Waals surface area contributed by atoms with Crippen LogP contribution in [-0.2, 0) is 0 Å². The molecule has 0 aliphatic carbocycles. The molecule has 6 aromatic carbocycles. The molecule has 0 N–H and O–H groups in total. The minimum Gasteiger partial charge on any atom is -0.457 e. The second-order valence-electron chi connectivity index (χ2n) is 11.8. The van der Waals surface area contributed by atoms with Gasteiger partial charge in [0, 0.05) is 33.4 Å². The Kier molecular flexibility index (Phi) is 11.3. The van der Waals surface area contributed by atoms with Gasteiger partial charge in [0.15, 0.2) is 23.1 Å². The van der Waals surface area contributed by atoms with E-state index in [0.29, 0.717) is 44.9 Å². The lowest BCUT2D eigenvalue weighted by Gasteiger charge is -2.07. The van der Waals surface area contributed by atoms with Gasteiger partial charge in [-0.1, -0.05) is 77.9 Å². The number of carbonyl (C=O) groups excluding carboxylic acids is 4. The highest BCUT2D eigenvalue weighted by molar-refractivity contribution is 6.10. The van der Waals surface area contributed by atoms with Gasteiger partial charge in [0.2, 0.25) is 0 Å². The van der Waals surface area contributed by atoms with E-state index in [1.807, 2.05) is 62.4 Å². The van der Waals surface area contributed by atoms with E-state index in [4.69, 9.17) is 9.47 Å². The van der Waals surface area contributed by atoms with Crippen LogP contribution in [0, 0.1) is 13.8 Å². The van der Waals surface area contributed by atoms with Gasteiger partial charge < -0.3 is 9.47 Å². The Hall–Kier alpha value is -6.40. The molecule has 0 bridgehead atoms. The zero-order valence-electron chi connectivity index (χ0n) is 28.3. The molecule has 6 heteroatoms. The Morgan fingerprint density at radius 1 is 0.360 bits per heavy atom. The van der Waals surface area contributed by atoms with Gasteiger partial charge in [0.1, 0.15) is 23.0 Å². The zero-order valence-corrected chi connectivity index (χ0v) is 28.3. The van der Waals surface area contributed by atoms with Gasteiger partial charge in [0.05, 0.1) is 0 Å². The first-order valence-corrected chi connectivity index (χ1v) is 16.1. The molecular formula is C44H36O6. The molecular weight excluding hydrogens is 624 g/mol. The second-order valence-corrected chi connectivity index (χ2v) is 11.8. The molecule has 6 nitrogen and oxygen atoms in total. The van der Waals surface area contributed by atoms with Crippen molar-refractivity contribution in [3.8, 4) is 23.0 Å². The number of benzene rings is 6. The smallest absolute Gasteiger partial charge is 0.193 e. The molecule has 0 amide bonds. The minimum atomic E-state index is -0.120. The third-order valence-electron chi connectivity index (χ3n) is 7.83. The molecule has 6 rings (SSSR count). The summed E-state index contributed by atoms with van der Waals surface area (Å²) < 4.78 is 11.5. The van der Waals surface area contributed by atoms with Crippen molar-refractivity contribution in [3.63, 3.8) is 0 Å². The highest BCUT2D eigenvalue weighted by Gasteiger charge is 2.12. The van der Waals surface area contributed by atoms with Crippen molar-refractivity contribution < 1.29 is 28.7 Å². The molecule has 0 fully saturated rings. The summed E-state index contributed by atoms with van der Waals surface area (Å²) in [5.74, 6) is 2.56. The number of carbonyl (C=O) groups is 4. The van der Waals surface area contributed by atoms with E-state index in [1.54, 1.807) is 97.1 Å². The van der Waals surface area contributed by atoms with Crippen LogP contribution >= 0.6 is 0 Å². The molecule has 50 heavy (non-hydrogen) atoms. The Morgan fingerprint density at radius 2 is 0.660 bits per heavy atom. The molecule has 6 aromatic rings. The Bertz CT molecular complexity index is 2110. The first-order chi connectivity index (χ1) is 24.0. The predicted octanol–water partition coefficient (Wildman–Crippen LogP) is 10.4. The predicted molar refractivity (Wildman–Crippen MR) is 195 cm³/mol. The summed E-state index contributed by atoms with van der Waals surface area (Å²) in [6.45, 7) is 7.03. The molecule has 0 saturated heterocycles. The normalized spacial score (nSPS) is 10.3. The van der Waals surface area contributed by atoms with Gasteiger partial charge in [-0.2, -0.15) is 0 Å². The van der Waals surface area contributed by atoms with Crippen LogP contribution < -0.4 is 9.47 Å². The minimum absolute atomic E-state index is 0.0170. The van der Waals surface area contributed by atoms with E-state index in [0.717, 1.165) is 11.5 Å². The van der Waals surface area contributed by atoms with Crippen LogP contribution in [0.5, 0.6) is 23.0 Å². The molecule has 248 valence electrons.